The number of allylic oxidation sites excluding steroid dienone is 1. The van der Waals surface area contributed by atoms with Gasteiger partial charge in [0.05, 0.1) is 5.69 Å². The maximum Gasteiger partial charge on any atom is 0.189 e. The van der Waals surface area contributed by atoms with E-state index in [0.29, 0.717) is 6.42 Å². The Morgan fingerprint density at radius 3 is 2.65 bits per heavy atom. The number of hydrogen-bond donors (Lipinski definition) is 0. The number of thiazole rings is 1. The first kappa shape index (κ1) is 14.0. The van der Waals surface area contributed by atoms with Crippen LogP contribution < -0.4 is 0 Å². The van der Waals surface area contributed by atoms with Gasteiger partial charge >= 0.3 is 0 Å². The van der Waals surface area contributed by atoms with Gasteiger partial charge in [-0.3, -0.25) is 4.79 Å². The van der Waals surface area contributed by atoms with Crippen LogP contribution in [0.2, 0.25) is 0 Å². The molecule has 112 valence electrons. The van der Waals surface area contributed by atoms with Gasteiger partial charge < -0.3 is 0 Å². The molecule has 3 aromatic rings. The molecule has 4 heteroatoms. The summed E-state index contributed by atoms with van der Waals surface area (Å²) in [5.41, 5.74) is 4.26. The normalized spacial score (nSPS) is 15.2. The first-order valence-corrected chi connectivity index (χ1v) is 8.13. The third-order valence-electron chi connectivity index (χ3n) is 3.87. The number of Topliss-reactive ketones (excluding diaryl/α,β-unsaturated/α-hetero) is 1. The first-order chi connectivity index (χ1) is 11.2. The van der Waals surface area contributed by atoms with Crippen LogP contribution in [0.1, 0.15) is 21.6 Å². The number of carbonyl (C=O) groups is 1. The van der Waals surface area contributed by atoms with Crippen molar-refractivity contribution in [1.82, 2.24) is 4.98 Å². The second kappa shape index (κ2) is 5.56. The number of carbonyl (C=O) groups excluding carboxylic acids is 1. The first-order valence-electron chi connectivity index (χ1n) is 7.25. The van der Waals surface area contributed by atoms with Gasteiger partial charge in [0.15, 0.2) is 5.78 Å². The summed E-state index contributed by atoms with van der Waals surface area (Å²) < 4.78 is 13.0. The van der Waals surface area contributed by atoms with Crippen molar-refractivity contribution in [3.8, 4) is 10.6 Å². The van der Waals surface area contributed by atoms with Crippen molar-refractivity contribution in [2.24, 2.45) is 0 Å². The van der Waals surface area contributed by atoms with Crippen LogP contribution >= 0.6 is 11.3 Å². The molecule has 0 N–H and O–H groups in total. The summed E-state index contributed by atoms with van der Waals surface area (Å²) >= 11 is 1.49. The number of ketones is 1. The monoisotopic (exact) mass is 321 g/mol. The fourth-order valence-electron chi connectivity index (χ4n) is 2.73. The molecule has 0 radical (unpaired) electrons. The van der Waals surface area contributed by atoms with Gasteiger partial charge in [0.2, 0.25) is 0 Å². The van der Waals surface area contributed by atoms with E-state index in [0.717, 1.165) is 33.0 Å². The van der Waals surface area contributed by atoms with Crippen LogP contribution in [0, 0.1) is 5.82 Å². The third-order valence-corrected chi connectivity index (χ3v) is 4.78. The lowest BCUT2D eigenvalue weighted by atomic mass is 10.1. The number of halogens is 1. The van der Waals surface area contributed by atoms with Gasteiger partial charge in [0.1, 0.15) is 10.8 Å². The molecule has 0 bridgehead atoms. The molecule has 4 rings (SSSR count). The molecule has 1 aliphatic carbocycles. The third kappa shape index (κ3) is 2.62. The van der Waals surface area contributed by atoms with Gasteiger partial charge in [0, 0.05) is 28.5 Å². The van der Waals surface area contributed by atoms with Crippen molar-refractivity contribution in [2.75, 3.05) is 0 Å². The fraction of sp³-hybridized carbons (Fsp3) is 0.0526. The Balaban J connectivity index is 1.64. The average molecular weight is 321 g/mol. The fourth-order valence-corrected chi connectivity index (χ4v) is 3.51. The Kier molecular flexibility index (Phi) is 3.39. The van der Waals surface area contributed by atoms with Gasteiger partial charge in [-0.1, -0.05) is 24.3 Å². The molecule has 23 heavy (non-hydrogen) atoms. The molecule has 2 nitrogen and oxygen atoms in total. The lowest BCUT2D eigenvalue weighted by Crippen LogP contribution is -1.95. The van der Waals surface area contributed by atoms with E-state index in [9.17, 15) is 9.18 Å². The minimum atomic E-state index is -0.262. The van der Waals surface area contributed by atoms with Crippen molar-refractivity contribution >= 4 is 23.2 Å². The Bertz CT molecular complexity index is 925. The topological polar surface area (TPSA) is 30.0 Å². The average Bonchev–Trinajstić information content (AvgIpc) is 3.15. The van der Waals surface area contributed by atoms with Gasteiger partial charge in [0.25, 0.3) is 0 Å². The van der Waals surface area contributed by atoms with Crippen molar-refractivity contribution in [2.45, 2.75) is 6.42 Å². The molecule has 0 fully saturated rings. The molecule has 2 aromatic carbocycles. The predicted octanol–water partition coefficient (Wildman–Crippen LogP) is 4.77. The van der Waals surface area contributed by atoms with Crippen LogP contribution in [0.5, 0.6) is 0 Å². The lowest BCUT2D eigenvalue weighted by molar-refractivity contribution is 0.104. The second-order valence-corrected chi connectivity index (χ2v) is 6.28. The van der Waals surface area contributed by atoms with Crippen LogP contribution in [-0.4, -0.2) is 10.8 Å². The minimum absolute atomic E-state index is 0.0805. The Morgan fingerprint density at radius 2 is 1.87 bits per heavy atom. The number of rotatable bonds is 2. The van der Waals surface area contributed by atoms with E-state index in [1.807, 2.05) is 35.7 Å². The summed E-state index contributed by atoms with van der Waals surface area (Å²) in [5, 5.41) is 2.74. The molecule has 1 aliphatic rings. The highest BCUT2D eigenvalue weighted by molar-refractivity contribution is 7.13. The van der Waals surface area contributed by atoms with Crippen LogP contribution in [0.4, 0.5) is 4.39 Å². The summed E-state index contributed by atoms with van der Waals surface area (Å²) in [5.74, 6) is -0.182. The lowest BCUT2D eigenvalue weighted by Gasteiger charge is -1.95. The SMILES string of the molecule is O=C1/C(=C/c2csc(-c3ccc(F)cc3)n2)Cc2ccccc21. The molecule has 0 aliphatic heterocycles. The molecule has 0 amide bonds. The molecule has 0 unspecified atom stereocenters. The summed E-state index contributed by atoms with van der Waals surface area (Å²) in [4.78, 5) is 16.9. The van der Waals surface area contributed by atoms with E-state index in [1.165, 1.54) is 23.5 Å². The maximum atomic E-state index is 13.0. The van der Waals surface area contributed by atoms with Crippen molar-refractivity contribution < 1.29 is 9.18 Å². The quantitative estimate of drug-likeness (QED) is 0.636. The zero-order valence-electron chi connectivity index (χ0n) is 12.1. The smallest absolute Gasteiger partial charge is 0.189 e. The van der Waals surface area contributed by atoms with E-state index >= 15 is 0 Å². The van der Waals surface area contributed by atoms with Crippen molar-refractivity contribution in [1.29, 1.82) is 0 Å². The molecule has 0 saturated heterocycles. The zero-order valence-corrected chi connectivity index (χ0v) is 12.9. The van der Waals surface area contributed by atoms with Crippen LogP contribution in [0.3, 0.4) is 0 Å². The summed E-state index contributed by atoms with van der Waals surface area (Å²) in [6.07, 6.45) is 2.50. The molecular formula is C19H12FNOS. The maximum absolute atomic E-state index is 13.0. The van der Waals surface area contributed by atoms with E-state index in [4.69, 9.17) is 0 Å². The number of benzene rings is 2. The molecule has 1 aromatic heterocycles. The van der Waals surface area contributed by atoms with Gasteiger partial charge in [-0.15, -0.1) is 11.3 Å². The van der Waals surface area contributed by atoms with Crippen molar-refractivity contribution in [3.63, 3.8) is 0 Å². The van der Waals surface area contributed by atoms with Gasteiger partial charge in [-0.05, 0) is 35.9 Å². The Morgan fingerprint density at radius 1 is 1.09 bits per heavy atom. The highest BCUT2D eigenvalue weighted by Crippen LogP contribution is 2.29. The van der Waals surface area contributed by atoms with Crippen LogP contribution in [0.15, 0.2) is 59.5 Å². The second-order valence-electron chi connectivity index (χ2n) is 5.42. The van der Waals surface area contributed by atoms with Crippen molar-refractivity contribution in [3.05, 3.63) is 82.1 Å². The van der Waals surface area contributed by atoms with Gasteiger partial charge in [-0.25, -0.2) is 9.37 Å². The van der Waals surface area contributed by atoms with E-state index < -0.39 is 0 Å². The molecule has 0 saturated carbocycles. The standard InChI is InChI=1S/C19H12FNOS/c20-15-7-5-12(6-8-15)19-21-16(11-23-19)10-14-9-13-3-1-2-4-17(13)18(14)22/h1-8,10-11H,9H2/b14-10+. The number of hydrogen-bond acceptors (Lipinski definition) is 3. The Labute approximate surface area is 136 Å². The van der Waals surface area contributed by atoms with Crippen LogP contribution in [0.25, 0.3) is 16.6 Å². The number of fused-ring (bicyclic) bond motifs is 1. The van der Waals surface area contributed by atoms with Crippen LogP contribution in [-0.2, 0) is 6.42 Å². The highest BCUT2D eigenvalue weighted by atomic mass is 32.1. The Hall–Kier alpha value is -2.59. The molecule has 0 spiro atoms. The summed E-state index contributed by atoms with van der Waals surface area (Å²) in [6, 6.07) is 13.9. The number of aromatic nitrogens is 1. The van der Waals surface area contributed by atoms with E-state index in [-0.39, 0.29) is 11.6 Å². The van der Waals surface area contributed by atoms with Gasteiger partial charge in [-0.2, -0.15) is 0 Å². The summed E-state index contributed by atoms with van der Waals surface area (Å²) in [7, 11) is 0. The molecular weight excluding hydrogens is 309 g/mol. The summed E-state index contributed by atoms with van der Waals surface area (Å²) in [6.45, 7) is 0. The van der Waals surface area contributed by atoms with E-state index in [1.54, 1.807) is 12.1 Å². The molecule has 1 heterocycles. The minimum Gasteiger partial charge on any atom is -0.289 e. The zero-order chi connectivity index (χ0) is 15.8. The predicted molar refractivity (Wildman–Crippen MR) is 90.0 cm³/mol. The van der Waals surface area contributed by atoms with E-state index in [2.05, 4.69) is 4.98 Å². The number of nitrogens with zero attached hydrogens (tertiary/aromatic N) is 1. The largest absolute Gasteiger partial charge is 0.289 e. The highest BCUT2D eigenvalue weighted by Gasteiger charge is 2.24. The molecule has 0 atom stereocenters.